The number of fused-ring (bicyclic) bond motifs is 2. The molecule has 2 aromatic rings. The third kappa shape index (κ3) is 1.52. The number of Topliss-reactive ketones (excluding diaryl/α,β-unsaturated/α-hetero) is 1. The first-order valence-electron chi connectivity index (χ1n) is 6.47. The number of allylic oxidation sites excluding steroid dienone is 2. The number of hydrogen-bond donors (Lipinski definition) is 0. The molecule has 0 spiro atoms. The predicted molar refractivity (Wildman–Crippen MR) is 76.7 cm³/mol. The van der Waals surface area contributed by atoms with Crippen LogP contribution in [0.4, 0.5) is 0 Å². The van der Waals surface area contributed by atoms with Crippen molar-refractivity contribution >= 4 is 23.5 Å². The fraction of sp³-hybridized carbons (Fsp3) is 0.0556. The maximum atomic E-state index is 12.3. The van der Waals surface area contributed by atoms with E-state index in [2.05, 4.69) is 24.3 Å². The van der Waals surface area contributed by atoms with Gasteiger partial charge in [0.1, 0.15) is 0 Å². The first kappa shape index (κ1) is 10.5. The van der Waals surface area contributed by atoms with Gasteiger partial charge in [0.15, 0.2) is 5.78 Å². The lowest BCUT2D eigenvalue weighted by Crippen LogP contribution is -2.19. The molecule has 0 saturated heterocycles. The molecule has 0 bridgehead atoms. The fourth-order valence-electron chi connectivity index (χ4n) is 2.94. The largest absolute Gasteiger partial charge is 0.294 e. The summed E-state index contributed by atoms with van der Waals surface area (Å²) in [5.74, 6) is 0.233. The molecule has 0 amide bonds. The average molecular weight is 244 g/mol. The number of benzene rings is 2. The molecule has 0 saturated carbocycles. The summed E-state index contributed by atoms with van der Waals surface area (Å²) in [5, 5.41) is 2.39. The molecule has 90 valence electrons. The van der Waals surface area contributed by atoms with Crippen LogP contribution in [0.1, 0.15) is 11.1 Å². The number of carbonyl (C=O) groups excluding carboxylic acids is 1. The van der Waals surface area contributed by atoms with E-state index in [-0.39, 0.29) is 5.78 Å². The normalized spacial score (nSPS) is 15.9. The van der Waals surface area contributed by atoms with Crippen LogP contribution in [-0.4, -0.2) is 5.78 Å². The highest BCUT2D eigenvalue weighted by atomic mass is 16.1. The lowest BCUT2D eigenvalue weighted by molar-refractivity contribution is -0.112. The summed E-state index contributed by atoms with van der Waals surface area (Å²) >= 11 is 0. The molecule has 2 aromatic carbocycles. The van der Waals surface area contributed by atoms with Gasteiger partial charge in [-0.3, -0.25) is 4.79 Å². The Labute approximate surface area is 111 Å². The van der Waals surface area contributed by atoms with E-state index in [0.717, 1.165) is 22.3 Å². The molecule has 2 aliphatic carbocycles. The van der Waals surface area contributed by atoms with Crippen LogP contribution in [0.15, 0.2) is 54.1 Å². The predicted octanol–water partition coefficient (Wildman–Crippen LogP) is 1.84. The highest BCUT2D eigenvalue weighted by molar-refractivity contribution is 6.29. The van der Waals surface area contributed by atoms with Crippen molar-refractivity contribution in [3.63, 3.8) is 0 Å². The van der Waals surface area contributed by atoms with Crippen molar-refractivity contribution in [2.24, 2.45) is 0 Å². The van der Waals surface area contributed by atoms with Crippen LogP contribution >= 0.6 is 0 Å². The minimum atomic E-state index is 0.233. The molecule has 0 heterocycles. The van der Waals surface area contributed by atoms with Crippen molar-refractivity contribution in [3.8, 4) is 0 Å². The Kier molecular flexibility index (Phi) is 2.10. The summed E-state index contributed by atoms with van der Waals surface area (Å²) in [6.07, 6.45) is 4.77. The van der Waals surface area contributed by atoms with Gasteiger partial charge in [0.2, 0.25) is 0 Å². The average Bonchev–Trinajstić information content (AvgIpc) is 2.97. The van der Waals surface area contributed by atoms with Gasteiger partial charge in [0, 0.05) is 12.0 Å². The minimum Gasteiger partial charge on any atom is -0.294 e. The zero-order valence-electron chi connectivity index (χ0n) is 10.4. The van der Waals surface area contributed by atoms with Crippen LogP contribution in [0.5, 0.6) is 0 Å². The molecule has 1 heteroatoms. The molecule has 0 atom stereocenters. The second-order valence-electron chi connectivity index (χ2n) is 5.01. The van der Waals surface area contributed by atoms with Gasteiger partial charge in [-0.25, -0.2) is 0 Å². The van der Waals surface area contributed by atoms with E-state index in [1.807, 2.05) is 36.4 Å². The van der Waals surface area contributed by atoms with Gasteiger partial charge < -0.3 is 0 Å². The van der Waals surface area contributed by atoms with E-state index in [4.69, 9.17) is 0 Å². The molecule has 19 heavy (non-hydrogen) atoms. The number of ketones is 1. The fourth-order valence-corrected chi connectivity index (χ4v) is 2.94. The smallest absolute Gasteiger partial charge is 0.168 e. The van der Waals surface area contributed by atoms with Gasteiger partial charge in [-0.05, 0) is 39.3 Å². The summed E-state index contributed by atoms with van der Waals surface area (Å²) in [7, 11) is 0. The standard InChI is InChI=1S/C18H12O/c19-17-11-14-7-3-4-8-16(14)18(17)15-9-12-5-1-2-6-13(12)10-15/h1-10H,11H2. The van der Waals surface area contributed by atoms with E-state index >= 15 is 0 Å². The molecular weight excluding hydrogens is 232 g/mol. The summed E-state index contributed by atoms with van der Waals surface area (Å²) in [6.45, 7) is 0. The summed E-state index contributed by atoms with van der Waals surface area (Å²) < 4.78 is 0. The van der Waals surface area contributed by atoms with Crippen molar-refractivity contribution in [3.05, 3.63) is 75.7 Å². The number of rotatable bonds is 0. The number of carbonyl (C=O) groups is 1. The van der Waals surface area contributed by atoms with Crippen molar-refractivity contribution in [2.75, 3.05) is 0 Å². The van der Waals surface area contributed by atoms with E-state index in [1.165, 1.54) is 10.4 Å². The van der Waals surface area contributed by atoms with E-state index in [9.17, 15) is 4.79 Å². The minimum absolute atomic E-state index is 0.233. The molecule has 0 fully saturated rings. The molecule has 0 radical (unpaired) electrons. The van der Waals surface area contributed by atoms with Gasteiger partial charge in [-0.1, -0.05) is 48.5 Å². The second kappa shape index (κ2) is 3.79. The Morgan fingerprint density at radius 2 is 1.42 bits per heavy atom. The third-order valence-electron chi connectivity index (χ3n) is 3.82. The van der Waals surface area contributed by atoms with Crippen LogP contribution in [0.3, 0.4) is 0 Å². The van der Waals surface area contributed by atoms with Gasteiger partial charge in [0.25, 0.3) is 0 Å². The van der Waals surface area contributed by atoms with Crippen LogP contribution in [0.25, 0.3) is 17.7 Å². The first-order chi connectivity index (χ1) is 9.33. The zero-order valence-corrected chi connectivity index (χ0v) is 10.4. The van der Waals surface area contributed by atoms with Gasteiger partial charge >= 0.3 is 0 Å². The van der Waals surface area contributed by atoms with Crippen LogP contribution in [0, 0.1) is 0 Å². The summed E-state index contributed by atoms with van der Waals surface area (Å²) in [6, 6.07) is 16.3. The molecular formula is C18H12O. The monoisotopic (exact) mass is 244 g/mol. The molecule has 0 aromatic heterocycles. The molecule has 0 unspecified atom stereocenters. The van der Waals surface area contributed by atoms with Gasteiger partial charge in [0.05, 0.1) is 0 Å². The Bertz CT molecular complexity index is 816. The molecule has 1 nitrogen and oxygen atoms in total. The Hall–Kier alpha value is -2.41. The van der Waals surface area contributed by atoms with Crippen molar-refractivity contribution in [1.29, 1.82) is 0 Å². The van der Waals surface area contributed by atoms with Crippen LogP contribution < -0.4 is 10.4 Å². The maximum Gasteiger partial charge on any atom is 0.168 e. The van der Waals surface area contributed by atoms with Crippen LogP contribution in [-0.2, 0) is 11.2 Å². The topological polar surface area (TPSA) is 17.1 Å². The highest BCUT2D eigenvalue weighted by Gasteiger charge is 2.26. The Morgan fingerprint density at radius 1 is 0.789 bits per heavy atom. The zero-order chi connectivity index (χ0) is 12.8. The lowest BCUT2D eigenvalue weighted by atomic mass is 10.0. The Morgan fingerprint density at radius 3 is 2.16 bits per heavy atom. The van der Waals surface area contributed by atoms with E-state index in [0.29, 0.717) is 6.42 Å². The number of hydrogen-bond acceptors (Lipinski definition) is 1. The van der Waals surface area contributed by atoms with Crippen LogP contribution in [0.2, 0.25) is 0 Å². The van der Waals surface area contributed by atoms with Crippen molar-refractivity contribution in [1.82, 2.24) is 0 Å². The van der Waals surface area contributed by atoms with Gasteiger partial charge in [-0.15, -0.1) is 0 Å². The highest BCUT2D eigenvalue weighted by Crippen LogP contribution is 2.33. The van der Waals surface area contributed by atoms with E-state index in [1.54, 1.807) is 0 Å². The third-order valence-corrected chi connectivity index (χ3v) is 3.82. The first-order valence-corrected chi connectivity index (χ1v) is 6.47. The molecule has 0 aliphatic heterocycles. The van der Waals surface area contributed by atoms with Gasteiger partial charge in [-0.2, -0.15) is 0 Å². The van der Waals surface area contributed by atoms with Crippen molar-refractivity contribution in [2.45, 2.75) is 6.42 Å². The maximum absolute atomic E-state index is 12.3. The van der Waals surface area contributed by atoms with E-state index < -0.39 is 0 Å². The SMILES string of the molecule is O=C1Cc2ccccc2C1=C1C=c2ccccc2=C1. The summed E-state index contributed by atoms with van der Waals surface area (Å²) in [5.41, 5.74) is 4.18. The molecule has 4 rings (SSSR count). The Balaban J connectivity index is 2.02. The molecule has 2 aliphatic rings. The lowest BCUT2D eigenvalue weighted by Gasteiger charge is -2.01. The molecule has 0 N–H and O–H groups in total. The summed E-state index contributed by atoms with van der Waals surface area (Å²) in [4.78, 5) is 12.3. The quantitative estimate of drug-likeness (QED) is 0.646. The second-order valence-corrected chi connectivity index (χ2v) is 5.01. The van der Waals surface area contributed by atoms with Crippen molar-refractivity contribution < 1.29 is 4.79 Å².